The quantitative estimate of drug-likeness (QED) is 0.308. The first kappa shape index (κ1) is 25.0. The zero-order valence-corrected chi connectivity index (χ0v) is 21.7. The fourth-order valence-corrected chi connectivity index (χ4v) is 4.88. The number of hydrogen-bond donors (Lipinski definition) is 2. The van der Waals surface area contributed by atoms with Crippen LogP contribution in [-0.2, 0) is 10.0 Å². The van der Waals surface area contributed by atoms with Crippen molar-refractivity contribution in [3.05, 3.63) is 95.6 Å². The Balaban J connectivity index is 1.53. The molecule has 0 saturated carbocycles. The Morgan fingerprint density at radius 3 is 2.24 bits per heavy atom. The van der Waals surface area contributed by atoms with Gasteiger partial charge in [0.15, 0.2) is 0 Å². The average molecular weight is 529 g/mol. The molecule has 0 atom stereocenters. The molecule has 0 aliphatic heterocycles. The van der Waals surface area contributed by atoms with Crippen molar-refractivity contribution in [3.63, 3.8) is 0 Å². The average Bonchev–Trinajstić information content (AvgIpc) is 2.88. The van der Waals surface area contributed by atoms with Gasteiger partial charge in [-0.1, -0.05) is 0 Å². The van der Waals surface area contributed by atoms with Crippen LogP contribution in [0.25, 0.3) is 22.3 Å². The minimum absolute atomic E-state index is 0.0154. The Hall–Kier alpha value is -4.70. The number of aromatic nitrogens is 2. The van der Waals surface area contributed by atoms with Gasteiger partial charge >= 0.3 is 0 Å². The van der Waals surface area contributed by atoms with E-state index in [0.29, 0.717) is 39.2 Å². The van der Waals surface area contributed by atoms with E-state index >= 15 is 0 Å². The van der Waals surface area contributed by atoms with Gasteiger partial charge in [0.05, 0.1) is 23.0 Å². The van der Waals surface area contributed by atoms with E-state index in [1.54, 1.807) is 63.4 Å². The first-order valence-electron chi connectivity index (χ1n) is 11.6. The summed E-state index contributed by atoms with van der Waals surface area (Å²) in [6.45, 7) is 3.53. The van der Waals surface area contributed by atoms with Crippen LogP contribution in [0.1, 0.15) is 11.4 Å². The van der Waals surface area contributed by atoms with Gasteiger partial charge in [0.2, 0.25) is 5.95 Å². The van der Waals surface area contributed by atoms with Crippen LogP contribution >= 0.6 is 0 Å². The van der Waals surface area contributed by atoms with E-state index in [1.165, 1.54) is 12.1 Å². The van der Waals surface area contributed by atoms with Crippen molar-refractivity contribution >= 4 is 32.6 Å². The first-order valence-corrected chi connectivity index (χ1v) is 13.1. The number of benzene rings is 3. The van der Waals surface area contributed by atoms with Gasteiger partial charge in [-0.15, -0.1) is 0 Å². The van der Waals surface area contributed by atoms with Gasteiger partial charge in [0, 0.05) is 28.4 Å². The Bertz CT molecular complexity index is 1790. The van der Waals surface area contributed by atoms with Gasteiger partial charge < -0.3 is 14.3 Å². The number of aromatic hydroxyl groups is 1. The highest BCUT2D eigenvalue weighted by molar-refractivity contribution is 7.92. The third-order valence-corrected chi connectivity index (χ3v) is 7.05. The van der Waals surface area contributed by atoms with E-state index in [0.717, 1.165) is 11.3 Å². The highest BCUT2D eigenvalue weighted by atomic mass is 32.2. The minimum Gasteiger partial charge on any atom is -0.508 e. The molecule has 0 saturated heterocycles. The molecule has 0 amide bonds. The summed E-state index contributed by atoms with van der Waals surface area (Å²) in [6.07, 6.45) is 0. The Labute approximate surface area is 219 Å². The second-order valence-corrected chi connectivity index (χ2v) is 10.3. The fourth-order valence-electron chi connectivity index (χ4n) is 3.94. The lowest BCUT2D eigenvalue weighted by Gasteiger charge is -2.08. The summed E-state index contributed by atoms with van der Waals surface area (Å²) in [4.78, 5) is 13.1. The van der Waals surface area contributed by atoms with Crippen molar-refractivity contribution in [1.82, 2.24) is 9.97 Å². The molecular weight excluding hydrogens is 504 g/mol. The number of sulfonamides is 1. The van der Waals surface area contributed by atoms with Crippen molar-refractivity contribution in [2.45, 2.75) is 18.7 Å². The molecule has 0 fully saturated rings. The molecule has 0 bridgehead atoms. The molecule has 192 valence electrons. The zero-order chi connectivity index (χ0) is 26.9. The molecule has 0 unspecified atom stereocenters. The number of phenolic OH excluding ortho intramolecular Hbond substituents is 1. The van der Waals surface area contributed by atoms with Gasteiger partial charge in [0.25, 0.3) is 10.0 Å². The van der Waals surface area contributed by atoms with E-state index in [-0.39, 0.29) is 16.6 Å². The summed E-state index contributed by atoms with van der Waals surface area (Å²) in [5.41, 5.74) is 3.19. The van der Waals surface area contributed by atoms with Crippen molar-refractivity contribution in [2.75, 3.05) is 11.8 Å². The maximum atomic E-state index is 12.9. The molecule has 2 heterocycles. The van der Waals surface area contributed by atoms with Crippen LogP contribution in [0.4, 0.5) is 11.6 Å². The first-order chi connectivity index (χ1) is 18.2. The summed E-state index contributed by atoms with van der Waals surface area (Å²) in [6, 6.07) is 21.8. The van der Waals surface area contributed by atoms with Crippen LogP contribution < -0.4 is 14.8 Å². The maximum absolute atomic E-state index is 12.9. The molecule has 38 heavy (non-hydrogen) atoms. The number of phenols is 1. The lowest BCUT2D eigenvalue weighted by molar-refractivity contribution is 0.415. The summed E-state index contributed by atoms with van der Waals surface area (Å²) in [5, 5.41) is 11.2. The predicted molar refractivity (Wildman–Crippen MR) is 144 cm³/mol. The minimum atomic E-state index is -3.90. The molecule has 2 aromatic heterocycles. The van der Waals surface area contributed by atoms with E-state index in [9.17, 15) is 13.5 Å². The molecular formula is C28H24N4O5S. The molecule has 3 aromatic carbocycles. The third-order valence-electron chi connectivity index (χ3n) is 5.71. The zero-order valence-electron chi connectivity index (χ0n) is 20.8. The van der Waals surface area contributed by atoms with Crippen LogP contribution in [0.2, 0.25) is 0 Å². The van der Waals surface area contributed by atoms with Gasteiger partial charge in [-0.3, -0.25) is 0 Å². The number of hydrogen-bond acceptors (Lipinski definition) is 8. The standard InChI is InChI=1S/C28H24N4O5S/c1-17-14-18(2)30-28(29-17)32-38(34,35)23-11-6-20(7-12-23)31-25-16-27(19-4-9-22(36-3)10-5-19)37-26-13-8-21(33)15-24(25)26/h4-16,33H,1-3H3,(H,29,30,32). The maximum Gasteiger partial charge on any atom is 0.264 e. The highest BCUT2D eigenvalue weighted by Crippen LogP contribution is 2.27. The number of aryl methyl sites for hydroxylation is 2. The predicted octanol–water partition coefficient (Wildman–Crippen LogP) is 5.25. The van der Waals surface area contributed by atoms with E-state index in [1.807, 2.05) is 24.3 Å². The van der Waals surface area contributed by atoms with Crippen molar-refractivity contribution < 1.29 is 22.7 Å². The van der Waals surface area contributed by atoms with Crippen molar-refractivity contribution in [3.8, 4) is 22.8 Å². The van der Waals surface area contributed by atoms with Gasteiger partial charge in [-0.25, -0.2) is 28.1 Å². The topological polar surface area (TPSA) is 127 Å². The summed E-state index contributed by atoms with van der Waals surface area (Å²) in [5.74, 6) is 1.38. The van der Waals surface area contributed by atoms with Crippen LogP contribution in [0, 0.1) is 13.8 Å². The van der Waals surface area contributed by atoms with Crippen LogP contribution in [0.15, 0.2) is 93.2 Å². The largest absolute Gasteiger partial charge is 0.508 e. The molecule has 0 radical (unpaired) electrons. The highest BCUT2D eigenvalue weighted by Gasteiger charge is 2.16. The molecule has 5 aromatic rings. The smallest absolute Gasteiger partial charge is 0.264 e. The summed E-state index contributed by atoms with van der Waals surface area (Å²) < 4.78 is 39.5. The van der Waals surface area contributed by atoms with Gasteiger partial charge in [-0.2, -0.15) is 0 Å². The number of nitrogens with one attached hydrogen (secondary N) is 1. The summed E-state index contributed by atoms with van der Waals surface area (Å²) >= 11 is 0. The lowest BCUT2D eigenvalue weighted by atomic mass is 10.1. The number of methoxy groups -OCH3 is 1. The SMILES string of the molecule is COc1ccc(-c2cc(=Nc3ccc(S(=O)(=O)Nc4nc(C)cc(C)n4)cc3)c3cc(O)ccc3o2)cc1. The summed E-state index contributed by atoms with van der Waals surface area (Å²) in [7, 11) is -2.30. The van der Waals surface area contributed by atoms with E-state index < -0.39 is 10.0 Å². The van der Waals surface area contributed by atoms with Gasteiger partial charge in [-0.05, 0) is 86.6 Å². The molecule has 0 aliphatic carbocycles. The van der Waals surface area contributed by atoms with Crippen LogP contribution in [-0.4, -0.2) is 30.6 Å². The second-order valence-electron chi connectivity index (χ2n) is 8.59. The molecule has 0 aliphatic rings. The van der Waals surface area contributed by atoms with Crippen LogP contribution in [0.5, 0.6) is 11.5 Å². The number of fused-ring (bicyclic) bond motifs is 1. The molecule has 2 N–H and O–H groups in total. The molecule has 0 spiro atoms. The number of rotatable bonds is 6. The lowest BCUT2D eigenvalue weighted by Crippen LogP contribution is -2.15. The normalized spacial score (nSPS) is 12.0. The van der Waals surface area contributed by atoms with Crippen molar-refractivity contribution in [1.29, 1.82) is 0 Å². The number of nitrogens with zero attached hydrogens (tertiary/aromatic N) is 3. The Morgan fingerprint density at radius 1 is 0.895 bits per heavy atom. The van der Waals surface area contributed by atoms with Crippen LogP contribution in [0.3, 0.4) is 0 Å². The fraction of sp³-hybridized carbons (Fsp3) is 0.107. The Morgan fingerprint density at radius 2 is 1.58 bits per heavy atom. The van der Waals surface area contributed by atoms with Gasteiger partial charge in [0.1, 0.15) is 22.8 Å². The molecule has 9 nitrogen and oxygen atoms in total. The molecule has 10 heteroatoms. The van der Waals surface area contributed by atoms with Crippen molar-refractivity contribution in [2.24, 2.45) is 4.99 Å². The molecule has 5 rings (SSSR count). The van der Waals surface area contributed by atoms with E-state index in [4.69, 9.17) is 14.1 Å². The second kappa shape index (κ2) is 9.98. The monoisotopic (exact) mass is 528 g/mol. The number of anilines is 1. The van der Waals surface area contributed by atoms with E-state index in [2.05, 4.69) is 14.7 Å². The Kier molecular flexibility index (Phi) is 6.56. The number of ether oxygens (including phenoxy) is 1. The third kappa shape index (κ3) is 5.35.